The Morgan fingerprint density at radius 1 is 0.606 bits per heavy atom. The van der Waals surface area contributed by atoms with E-state index < -0.39 is 0 Å². The number of amides is 1. The molecule has 0 unspecified atom stereocenters. The number of anilines is 1. The molecule has 1 N–H and O–H groups in total. The van der Waals surface area contributed by atoms with Crippen LogP contribution in [0.15, 0.2) is 126 Å². The highest BCUT2D eigenvalue weighted by molar-refractivity contribution is 9.10. The molecule has 4 heteroatoms. The lowest BCUT2D eigenvalue weighted by molar-refractivity contribution is 0.102. The quantitative estimate of drug-likeness (QED) is 0.266. The molecule has 0 atom stereocenters. The van der Waals surface area contributed by atoms with Crippen molar-refractivity contribution < 1.29 is 4.79 Å². The normalized spacial score (nSPS) is 10.7. The number of nitrogens with zero attached hydrogens (tertiary/aromatic N) is 1. The number of carbonyl (C=O) groups excluding carboxylic acids is 1. The Hall–Kier alpha value is -3.89. The number of nitrogens with one attached hydrogen (secondary N) is 1. The van der Waals surface area contributed by atoms with Crippen molar-refractivity contribution in [1.82, 2.24) is 4.57 Å². The van der Waals surface area contributed by atoms with E-state index in [4.69, 9.17) is 0 Å². The molecule has 33 heavy (non-hydrogen) atoms. The van der Waals surface area contributed by atoms with Crippen molar-refractivity contribution in [3.05, 3.63) is 131 Å². The fourth-order valence-electron chi connectivity index (χ4n) is 3.88. The fourth-order valence-corrected chi connectivity index (χ4v) is 4.15. The van der Waals surface area contributed by atoms with Gasteiger partial charge in [0.05, 0.1) is 11.4 Å². The molecule has 0 fully saturated rings. The molecule has 0 aliphatic carbocycles. The third kappa shape index (κ3) is 4.52. The Balaban J connectivity index is 1.51. The van der Waals surface area contributed by atoms with Crippen LogP contribution in [0.5, 0.6) is 0 Å². The van der Waals surface area contributed by atoms with E-state index in [-0.39, 0.29) is 5.91 Å². The molecule has 0 aliphatic rings. The van der Waals surface area contributed by atoms with E-state index in [0.717, 1.165) is 38.4 Å². The first kappa shape index (κ1) is 21.0. The van der Waals surface area contributed by atoms with E-state index in [0.29, 0.717) is 5.56 Å². The van der Waals surface area contributed by atoms with Crippen molar-refractivity contribution in [1.29, 1.82) is 0 Å². The first-order valence-electron chi connectivity index (χ1n) is 10.7. The molecule has 0 aliphatic heterocycles. The monoisotopic (exact) mass is 492 g/mol. The maximum atomic E-state index is 12.7. The highest BCUT2D eigenvalue weighted by atomic mass is 79.9. The topological polar surface area (TPSA) is 34.0 Å². The van der Waals surface area contributed by atoms with Crippen LogP contribution in [0.2, 0.25) is 0 Å². The van der Waals surface area contributed by atoms with Crippen molar-refractivity contribution in [2.75, 3.05) is 5.32 Å². The number of halogens is 1. The minimum absolute atomic E-state index is 0.136. The first-order valence-corrected chi connectivity index (χ1v) is 11.5. The molecule has 3 nitrogen and oxygen atoms in total. The summed E-state index contributed by atoms with van der Waals surface area (Å²) in [5, 5.41) is 2.95. The molecule has 5 rings (SSSR count). The number of carbonyl (C=O) groups is 1. The third-order valence-electron chi connectivity index (χ3n) is 5.51. The average molecular weight is 493 g/mol. The highest BCUT2D eigenvalue weighted by Crippen LogP contribution is 2.32. The van der Waals surface area contributed by atoms with Gasteiger partial charge in [-0.05, 0) is 71.8 Å². The predicted octanol–water partition coefficient (Wildman–Crippen LogP) is 7.83. The van der Waals surface area contributed by atoms with E-state index in [1.54, 1.807) is 0 Å². The van der Waals surface area contributed by atoms with Gasteiger partial charge in [-0.3, -0.25) is 4.79 Å². The number of aromatic nitrogens is 1. The first-order chi connectivity index (χ1) is 16.2. The molecule has 0 saturated carbocycles. The highest BCUT2D eigenvalue weighted by Gasteiger charge is 2.14. The van der Waals surface area contributed by atoms with Crippen LogP contribution in [-0.2, 0) is 0 Å². The van der Waals surface area contributed by atoms with Crippen LogP contribution in [0.1, 0.15) is 10.4 Å². The van der Waals surface area contributed by atoms with Crippen molar-refractivity contribution in [3.8, 4) is 28.2 Å². The second-order valence-electron chi connectivity index (χ2n) is 7.68. The molecule has 160 valence electrons. The van der Waals surface area contributed by atoms with Gasteiger partial charge >= 0.3 is 0 Å². The van der Waals surface area contributed by atoms with E-state index in [1.807, 2.05) is 84.9 Å². The van der Waals surface area contributed by atoms with Crippen LogP contribution in [0, 0.1) is 0 Å². The van der Waals surface area contributed by atoms with Gasteiger partial charge in [0.15, 0.2) is 0 Å². The molecular formula is C29H21BrN2O. The zero-order chi connectivity index (χ0) is 22.6. The molecule has 0 bridgehead atoms. The van der Waals surface area contributed by atoms with Crippen molar-refractivity contribution in [2.45, 2.75) is 0 Å². The summed E-state index contributed by atoms with van der Waals surface area (Å²) in [6, 6.07) is 40.2. The summed E-state index contributed by atoms with van der Waals surface area (Å²) in [7, 11) is 0. The van der Waals surface area contributed by atoms with Crippen molar-refractivity contribution in [2.24, 2.45) is 0 Å². The molecule has 5 aromatic rings. The Labute approximate surface area is 201 Å². The summed E-state index contributed by atoms with van der Waals surface area (Å²) in [4.78, 5) is 12.7. The molecule has 0 spiro atoms. The fraction of sp³-hybridized carbons (Fsp3) is 0. The van der Waals surface area contributed by atoms with Gasteiger partial charge in [0, 0.05) is 21.4 Å². The molecule has 4 aromatic carbocycles. The van der Waals surface area contributed by atoms with Gasteiger partial charge < -0.3 is 9.88 Å². The lowest BCUT2D eigenvalue weighted by Gasteiger charge is -2.15. The van der Waals surface area contributed by atoms with Gasteiger partial charge in [0.1, 0.15) is 0 Å². The average Bonchev–Trinajstić information content (AvgIpc) is 3.32. The number of rotatable bonds is 5. The Morgan fingerprint density at radius 3 is 1.64 bits per heavy atom. The van der Waals surface area contributed by atoms with Crippen LogP contribution in [0.25, 0.3) is 28.2 Å². The number of hydrogen-bond donors (Lipinski definition) is 1. The lowest BCUT2D eigenvalue weighted by atomic mass is 10.1. The summed E-state index contributed by atoms with van der Waals surface area (Å²) >= 11 is 3.41. The van der Waals surface area contributed by atoms with Crippen LogP contribution in [0.4, 0.5) is 5.69 Å². The second kappa shape index (κ2) is 9.31. The Kier molecular flexibility index (Phi) is 5.92. The SMILES string of the molecule is O=C(Nc1ccc(Br)cc1)c1ccc(-n2c(-c3ccccc3)ccc2-c2ccccc2)cc1. The van der Waals surface area contributed by atoms with E-state index in [2.05, 4.69) is 62.2 Å². The van der Waals surface area contributed by atoms with Gasteiger partial charge in [0.2, 0.25) is 0 Å². The van der Waals surface area contributed by atoms with Crippen LogP contribution in [0.3, 0.4) is 0 Å². The van der Waals surface area contributed by atoms with Gasteiger partial charge in [0.25, 0.3) is 5.91 Å². The largest absolute Gasteiger partial charge is 0.322 e. The van der Waals surface area contributed by atoms with Gasteiger partial charge in [-0.1, -0.05) is 76.6 Å². The molecule has 0 radical (unpaired) electrons. The molecule has 1 heterocycles. The third-order valence-corrected chi connectivity index (χ3v) is 6.04. The van der Waals surface area contributed by atoms with Gasteiger partial charge in [-0.15, -0.1) is 0 Å². The summed E-state index contributed by atoms with van der Waals surface area (Å²) in [5.74, 6) is -0.136. The molecule has 1 amide bonds. The van der Waals surface area contributed by atoms with Crippen LogP contribution < -0.4 is 5.32 Å². The zero-order valence-electron chi connectivity index (χ0n) is 17.8. The van der Waals surface area contributed by atoms with E-state index in [9.17, 15) is 4.79 Å². The second-order valence-corrected chi connectivity index (χ2v) is 8.59. The Morgan fingerprint density at radius 2 is 1.12 bits per heavy atom. The molecular weight excluding hydrogens is 472 g/mol. The summed E-state index contributed by atoms with van der Waals surface area (Å²) < 4.78 is 3.21. The van der Waals surface area contributed by atoms with Crippen LogP contribution >= 0.6 is 15.9 Å². The summed E-state index contributed by atoms with van der Waals surface area (Å²) in [6.07, 6.45) is 0. The van der Waals surface area contributed by atoms with Gasteiger partial charge in [-0.25, -0.2) is 0 Å². The Bertz CT molecular complexity index is 1320. The number of hydrogen-bond acceptors (Lipinski definition) is 1. The summed E-state index contributed by atoms with van der Waals surface area (Å²) in [5.41, 5.74) is 6.83. The minimum Gasteiger partial charge on any atom is -0.322 e. The smallest absolute Gasteiger partial charge is 0.255 e. The minimum atomic E-state index is -0.136. The maximum absolute atomic E-state index is 12.7. The molecule has 0 saturated heterocycles. The zero-order valence-corrected chi connectivity index (χ0v) is 19.4. The van der Waals surface area contributed by atoms with E-state index in [1.165, 1.54) is 0 Å². The predicted molar refractivity (Wildman–Crippen MR) is 139 cm³/mol. The van der Waals surface area contributed by atoms with Crippen LogP contribution in [-0.4, -0.2) is 10.5 Å². The standard InChI is InChI=1S/C29H21BrN2O/c30-24-13-15-25(16-14-24)31-29(33)23-11-17-26(18-12-23)32-27(21-7-3-1-4-8-21)19-20-28(32)22-9-5-2-6-10-22/h1-20H,(H,31,33). The van der Waals surface area contributed by atoms with E-state index >= 15 is 0 Å². The number of benzene rings is 4. The van der Waals surface area contributed by atoms with Crippen molar-refractivity contribution in [3.63, 3.8) is 0 Å². The lowest BCUT2D eigenvalue weighted by Crippen LogP contribution is -2.12. The molecule has 1 aromatic heterocycles. The summed E-state index contributed by atoms with van der Waals surface area (Å²) in [6.45, 7) is 0. The van der Waals surface area contributed by atoms with Crippen molar-refractivity contribution >= 4 is 27.5 Å². The maximum Gasteiger partial charge on any atom is 0.255 e. The van der Waals surface area contributed by atoms with Gasteiger partial charge in [-0.2, -0.15) is 0 Å².